The van der Waals surface area contributed by atoms with Crippen LogP contribution in [-0.4, -0.2) is 16.5 Å². The number of halogens is 1. The van der Waals surface area contributed by atoms with Crippen LogP contribution in [-0.2, 0) is 6.54 Å². The molecule has 3 nitrogen and oxygen atoms in total. The van der Waals surface area contributed by atoms with Crippen LogP contribution in [0.5, 0.6) is 0 Å². The van der Waals surface area contributed by atoms with Crippen LogP contribution in [0.3, 0.4) is 0 Å². The first-order chi connectivity index (χ1) is 8.61. The normalized spacial score (nSPS) is 10.9. The van der Waals surface area contributed by atoms with Gasteiger partial charge in [0.05, 0.1) is 4.88 Å². The highest BCUT2D eigenvalue weighted by molar-refractivity contribution is 9.10. The summed E-state index contributed by atoms with van der Waals surface area (Å²) in [7, 11) is 0. The largest absolute Gasteiger partial charge is 0.313 e. The van der Waals surface area contributed by atoms with Gasteiger partial charge in [-0.25, -0.2) is 9.97 Å². The van der Waals surface area contributed by atoms with Gasteiger partial charge in [-0.1, -0.05) is 6.92 Å². The van der Waals surface area contributed by atoms with Crippen molar-refractivity contribution in [1.29, 1.82) is 0 Å². The van der Waals surface area contributed by atoms with Crippen molar-refractivity contribution < 1.29 is 0 Å². The Hall–Kier alpha value is -0.780. The maximum Gasteiger partial charge on any atom is 0.169 e. The highest BCUT2D eigenvalue weighted by Gasteiger charge is 2.10. The number of hydrogen-bond donors (Lipinski definition) is 1. The first kappa shape index (κ1) is 13.6. The Kier molecular flexibility index (Phi) is 4.48. The number of nitrogens with zero attached hydrogens (tertiary/aromatic N) is 2. The van der Waals surface area contributed by atoms with Crippen LogP contribution in [0, 0.1) is 13.8 Å². The van der Waals surface area contributed by atoms with Gasteiger partial charge in [0, 0.05) is 33.3 Å². The van der Waals surface area contributed by atoms with E-state index in [0.29, 0.717) is 0 Å². The minimum absolute atomic E-state index is 0.820. The van der Waals surface area contributed by atoms with Gasteiger partial charge in [-0.05, 0) is 42.4 Å². The predicted molar refractivity (Wildman–Crippen MR) is 79.9 cm³/mol. The zero-order chi connectivity index (χ0) is 13.1. The molecular weight excluding hydrogens is 310 g/mol. The molecule has 0 aromatic carbocycles. The van der Waals surface area contributed by atoms with Gasteiger partial charge >= 0.3 is 0 Å². The molecule has 18 heavy (non-hydrogen) atoms. The van der Waals surface area contributed by atoms with Gasteiger partial charge in [-0.2, -0.15) is 0 Å². The molecule has 0 radical (unpaired) electrons. The van der Waals surface area contributed by atoms with Gasteiger partial charge in [-0.15, -0.1) is 11.3 Å². The van der Waals surface area contributed by atoms with Crippen LogP contribution in [0.25, 0.3) is 10.7 Å². The lowest BCUT2D eigenvalue weighted by Crippen LogP contribution is -2.15. The van der Waals surface area contributed by atoms with Crippen LogP contribution in [0.4, 0.5) is 0 Å². The number of nitrogens with one attached hydrogen (secondary N) is 1. The number of rotatable bonds is 4. The van der Waals surface area contributed by atoms with Crippen molar-refractivity contribution in [3.05, 3.63) is 32.9 Å². The van der Waals surface area contributed by atoms with Crippen LogP contribution in [0.2, 0.25) is 0 Å². The average molecular weight is 326 g/mol. The van der Waals surface area contributed by atoms with E-state index in [9.17, 15) is 0 Å². The Balaban J connectivity index is 2.36. The average Bonchev–Trinajstić information content (AvgIpc) is 2.75. The smallest absolute Gasteiger partial charge is 0.169 e. The summed E-state index contributed by atoms with van der Waals surface area (Å²) in [6, 6.07) is 2.06. The van der Waals surface area contributed by atoms with Gasteiger partial charge in [0.2, 0.25) is 0 Å². The first-order valence-corrected chi connectivity index (χ1v) is 7.58. The fourth-order valence-corrected chi connectivity index (χ4v) is 3.15. The van der Waals surface area contributed by atoms with Crippen molar-refractivity contribution in [1.82, 2.24) is 15.3 Å². The summed E-state index contributed by atoms with van der Waals surface area (Å²) in [6.07, 6.45) is 0. The number of aromatic nitrogens is 2. The topological polar surface area (TPSA) is 37.8 Å². The van der Waals surface area contributed by atoms with Crippen molar-refractivity contribution in [3.8, 4) is 10.7 Å². The second kappa shape index (κ2) is 5.91. The molecule has 1 N–H and O–H groups in total. The van der Waals surface area contributed by atoms with Crippen LogP contribution in [0.1, 0.15) is 23.9 Å². The third-order valence-electron chi connectivity index (χ3n) is 2.76. The van der Waals surface area contributed by atoms with E-state index in [4.69, 9.17) is 0 Å². The quantitative estimate of drug-likeness (QED) is 0.931. The molecule has 0 aliphatic carbocycles. The summed E-state index contributed by atoms with van der Waals surface area (Å²) >= 11 is 5.12. The third-order valence-corrected chi connectivity index (χ3v) is 4.45. The van der Waals surface area contributed by atoms with E-state index >= 15 is 0 Å². The second-order valence-corrected chi connectivity index (χ2v) is 5.93. The first-order valence-electron chi connectivity index (χ1n) is 5.91. The van der Waals surface area contributed by atoms with Crippen LogP contribution < -0.4 is 5.32 Å². The number of hydrogen-bond acceptors (Lipinski definition) is 4. The highest BCUT2D eigenvalue weighted by Crippen LogP contribution is 2.28. The third kappa shape index (κ3) is 2.96. The predicted octanol–water partition coefficient (Wildman–Crippen LogP) is 3.69. The van der Waals surface area contributed by atoms with E-state index in [0.717, 1.165) is 39.7 Å². The lowest BCUT2D eigenvalue weighted by atomic mass is 10.1. The fraction of sp³-hybridized carbons (Fsp3) is 0.385. The molecule has 0 saturated heterocycles. The summed E-state index contributed by atoms with van der Waals surface area (Å²) in [5.41, 5.74) is 3.32. The Morgan fingerprint density at radius 1 is 1.28 bits per heavy atom. The van der Waals surface area contributed by atoms with E-state index in [-0.39, 0.29) is 0 Å². The van der Waals surface area contributed by atoms with Crippen LogP contribution >= 0.6 is 27.3 Å². The molecule has 0 atom stereocenters. The minimum Gasteiger partial charge on any atom is -0.313 e. The van der Waals surface area contributed by atoms with Gasteiger partial charge in [0.25, 0.3) is 0 Å². The van der Waals surface area contributed by atoms with E-state index in [2.05, 4.69) is 49.6 Å². The molecule has 5 heteroatoms. The maximum absolute atomic E-state index is 4.61. The summed E-state index contributed by atoms with van der Waals surface area (Å²) in [6.45, 7) is 7.99. The van der Waals surface area contributed by atoms with E-state index in [1.165, 1.54) is 5.56 Å². The molecule has 0 saturated carbocycles. The standard InChI is InChI=1S/C13H16BrN3S/c1-4-15-6-11-8(2)16-13(17-9(11)3)12-5-10(14)7-18-12/h5,7,15H,4,6H2,1-3H3. The fourth-order valence-electron chi connectivity index (χ4n) is 1.79. The van der Waals surface area contributed by atoms with Crippen molar-refractivity contribution in [3.63, 3.8) is 0 Å². The molecule has 0 unspecified atom stereocenters. The molecule has 96 valence electrons. The summed E-state index contributed by atoms with van der Waals surface area (Å²) in [5, 5.41) is 5.38. The van der Waals surface area contributed by atoms with Crippen LogP contribution in [0.15, 0.2) is 15.9 Å². The Bertz CT molecular complexity index is 528. The second-order valence-electron chi connectivity index (χ2n) is 4.11. The summed E-state index contributed by atoms with van der Waals surface area (Å²) < 4.78 is 1.08. The SMILES string of the molecule is CCNCc1c(C)nc(-c2cc(Br)cs2)nc1C. The summed E-state index contributed by atoms with van der Waals surface area (Å²) in [5.74, 6) is 0.820. The molecule has 2 aromatic heterocycles. The molecule has 2 rings (SSSR count). The van der Waals surface area contributed by atoms with E-state index in [1.54, 1.807) is 11.3 Å². The Morgan fingerprint density at radius 3 is 2.44 bits per heavy atom. The van der Waals surface area contributed by atoms with Gasteiger partial charge in [0.15, 0.2) is 5.82 Å². The zero-order valence-corrected chi connectivity index (χ0v) is 13.2. The molecule has 0 amide bonds. The monoisotopic (exact) mass is 325 g/mol. The van der Waals surface area contributed by atoms with Gasteiger partial charge in [0.1, 0.15) is 0 Å². The Labute approximate surface area is 120 Å². The molecular formula is C13H16BrN3S. The van der Waals surface area contributed by atoms with Crippen molar-refractivity contribution >= 4 is 27.3 Å². The molecule has 0 aliphatic heterocycles. The number of aryl methyl sites for hydroxylation is 2. The van der Waals surface area contributed by atoms with Crippen molar-refractivity contribution in [2.75, 3.05) is 6.54 Å². The minimum atomic E-state index is 0.820. The molecule has 0 fully saturated rings. The van der Waals surface area contributed by atoms with E-state index < -0.39 is 0 Å². The van der Waals surface area contributed by atoms with Gasteiger partial charge in [-0.3, -0.25) is 0 Å². The van der Waals surface area contributed by atoms with Crippen molar-refractivity contribution in [2.24, 2.45) is 0 Å². The van der Waals surface area contributed by atoms with Gasteiger partial charge < -0.3 is 5.32 Å². The molecule has 0 spiro atoms. The molecule has 0 bridgehead atoms. The molecule has 0 aliphatic rings. The molecule has 2 heterocycles. The zero-order valence-electron chi connectivity index (χ0n) is 10.7. The molecule has 2 aromatic rings. The lowest BCUT2D eigenvalue weighted by molar-refractivity contribution is 0.711. The lowest BCUT2D eigenvalue weighted by Gasteiger charge is -2.10. The summed E-state index contributed by atoms with van der Waals surface area (Å²) in [4.78, 5) is 10.3. The highest BCUT2D eigenvalue weighted by atomic mass is 79.9. The maximum atomic E-state index is 4.61. The van der Waals surface area contributed by atoms with E-state index in [1.807, 2.05) is 13.8 Å². The Morgan fingerprint density at radius 2 is 1.94 bits per heavy atom. The number of thiophene rings is 1. The van der Waals surface area contributed by atoms with Crippen molar-refractivity contribution in [2.45, 2.75) is 27.3 Å².